The molecule has 15 heavy (non-hydrogen) atoms. The van der Waals surface area contributed by atoms with Crippen LogP contribution in [0.4, 0.5) is 0 Å². The first kappa shape index (κ1) is 14.1. The summed E-state index contributed by atoms with van der Waals surface area (Å²) in [7, 11) is 1.47. The molecule has 0 heterocycles. The Labute approximate surface area is 91.1 Å². The second-order valence-corrected chi connectivity index (χ2v) is 3.23. The van der Waals surface area contributed by atoms with Crippen LogP contribution in [0, 0.1) is 0 Å². The van der Waals surface area contributed by atoms with Crippen LogP contribution in [0.15, 0.2) is 13.2 Å². The largest absolute Gasteiger partial charge is 0.460 e. The van der Waals surface area contributed by atoms with Crippen molar-refractivity contribution < 1.29 is 19.3 Å². The Morgan fingerprint density at radius 1 is 1.20 bits per heavy atom. The van der Waals surface area contributed by atoms with E-state index in [0.29, 0.717) is 0 Å². The molecule has 4 heteroatoms. The fourth-order valence-corrected chi connectivity index (χ4v) is 1.64. The van der Waals surface area contributed by atoms with E-state index in [1.807, 2.05) is 0 Å². The van der Waals surface area contributed by atoms with Gasteiger partial charge < -0.3 is 4.74 Å². The molecule has 0 saturated heterocycles. The summed E-state index contributed by atoms with van der Waals surface area (Å²) in [6.07, 6.45) is 3.72. The molecule has 1 rings (SSSR count). The van der Waals surface area contributed by atoms with E-state index < -0.39 is 0 Å². The van der Waals surface area contributed by atoms with Crippen LogP contribution in [-0.4, -0.2) is 25.3 Å². The zero-order valence-corrected chi connectivity index (χ0v) is 9.53. The van der Waals surface area contributed by atoms with Gasteiger partial charge in [-0.3, -0.25) is 4.79 Å². The summed E-state index contributed by atoms with van der Waals surface area (Å²) in [5.41, 5.74) is 0. The topological polar surface area (TPSA) is 44.8 Å². The predicted molar refractivity (Wildman–Crippen MR) is 57.2 cm³/mol. The van der Waals surface area contributed by atoms with Crippen LogP contribution in [0.25, 0.3) is 0 Å². The average molecular weight is 216 g/mol. The molecule has 0 aromatic carbocycles. The molecule has 0 aliphatic heterocycles. The second-order valence-electron chi connectivity index (χ2n) is 3.23. The maximum atomic E-state index is 10.7. The normalized spacial score (nSPS) is 24.9. The number of esters is 1. The molecule has 2 atom stereocenters. The van der Waals surface area contributed by atoms with Gasteiger partial charge in [-0.05, 0) is 19.3 Å². The third kappa shape index (κ3) is 5.54. The van der Waals surface area contributed by atoms with E-state index in [2.05, 4.69) is 18.0 Å². The first-order valence-electron chi connectivity index (χ1n) is 5.10. The van der Waals surface area contributed by atoms with Crippen molar-refractivity contribution in [2.24, 2.45) is 0 Å². The van der Waals surface area contributed by atoms with Gasteiger partial charge in [-0.1, -0.05) is 6.42 Å². The minimum absolute atomic E-state index is 0.0948. The first-order chi connectivity index (χ1) is 7.24. The summed E-state index contributed by atoms with van der Waals surface area (Å²) in [4.78, 5) is 20.4. The standard InChI is InChI=1S/C9H16O4.C2H4/c1-7(10)12-8-5-3-4-6-9(8)13-11-2;1-2/h8-9H,3-6H2,1-2H3;1-2H2. The molecule has 1 fully saturated rings. The number of carbonyl (C=O) groups is 1. The molecule has 1 saturated carbocycles. The third-order valence-electron chi connectivity index (χ3n) is 2.18. The van der Waals surface area contributed by atoms with Gasteiger partial charge in [0.2, 0.25) is 0 Å². The molecule has 0 amide bonds. The highest BCUT2D eigenvalue weighted by molar-refractivity contribution is 5.66. The van der Waals surface area contributed by atoms with E-state index in [1.165, 1.54) is 14.0 Å². The minimum atomic E-state index is -0.253. The van der Waals surface area contributed by atoms with Crippen molar-refractivity contribution in [3.63, 3.8) is 0 Å². The number of carbonyl (C=O) groups excluding carboxylic acids is 1. The summed E-state index contributed by atoms with van der Waals surface area (Å²) in [5.74, 6) is -0.253. The van der Waals surface area contributed by atoms with Gasteiger partial charge in [-0.2, -0.15) is 0 Å². The smallest absolute Gasteiger partial charge is 0.302 e. The van der Waals surface area contributed by atoms with E-state index in [0.717, 1.165) is 25.7 Å². The molecule has 0 N–H and O–H groups in total. The minimum Gasteiger partial charge on any atom is -0.460 e. The zero-order valence-electron chi connectivity index (χ0n) is 9.53. The summed E-state index contributed by atoms with van der Waals surface area (Å²) in [6.45, 7) is 7.42. The van der Waals surface area contributed by atoms with Crippen molar-refractivity contribution in [3.8, 4) is 0 Å². The number of rotatable bonds is 3. The van der Waals surface area contributed by atoms with Crippen molar-refractivity contribution >= 4 is 5.97 Å². The molecule has 0 spiro atoms. The summed E-state index contributed by atoms with van der Waals surface area (Å²) < 4.78 is 5.11. The van der Waals surface area contributed by atoms with Crippen LogP contribution in [0.3, 0.4) is 0 Å². The quantitative estimate of drug-likeness (QED) is 0.314. The lowest BCUT2D eigenvalue weighted by atomic mass is 9.95. The lowest BCUT2D eigenvalue weighted by molar-refractivity contribution is -0.325. The van der Waals surface area contributed by atoms with Crippen molar-refractivity contribution in [2.45, 2.75) is 44.8 Å². The highest BCUT2D eigenvalue weighted by atomic mass is 17.2. The highest BCUT2D eigenvalue weighted by Crippen LogP contribution is 2.23. The highest BCUT2D eigenvalue weighted by Gasteiger charge is 2.28. The van der Waals surface area contributed by atoms with Crippen LogP contribution < -0.4 is 0 Å². The molecule has 2 unspecified atom stereocenters. The van der Waals surface area contributed by atoms with Crippen LogP contribution in [0.1, 0.15) is 32.6 Å². The zero-order chi connectivity index (χ0) is 11.7. The van der Waals surface area contributed by atoms with Gasteiger partial charge in [0.15, 0.2) is 0 Å². The molecule has 0 aromatic heterocycles. The molecular formula is C11H20O4. The fourth-order valence-electron chi connectivity index (χ4n) is 1.64. The average Bonchev–Trinajstić information content (AvgIpc) is 2.23. The molecule has 88 valence electrons. The maximum absolute atomic E-state index is 10.7. The Morgan fingerprint density at radius 2 is 1.73 bits per heavy atom. The number of ether oxygens (including phenoxy) is 1. The molecule has 0 bridgehead atoms. The van der Waals surface area contributed by atoms with Crippen molar-refractivity contribution in [1.82, 2.24) is 0 Å². The monoisotopic (exact) mass is 216 g/mol. The van der Waals surface area contributed by atoms with Crippen molar-refractivity contribution in [3.05, 3.63) is 13.2 Å². The summed E-state index contributed by atoms with van der Waals surface area (Å²) >= 11 is 0. The lowest BCUT2D eigenvalue weighted by Crippen LogP contribution is -2.35. The Hall–Kier alpha value is -0.870. The maximum Gasteiger partial charge on any atom is 0.302 e. The second kappa shape index (κ2) is 8.44. The van der Waals surface area contributed by atoms with Gasteiger partial charge in [0, 0.05) is 6.92 Å². The number of hydrogen-bond donors (Lipinski definition) is 0. The van der Waals surface area contributed by atoms with Gasteiger partial charge in [0.25, 0.3) is 0 Å². The van der Waals surface area contributed by atoms with Gasteiger partial charge >= 0.3 is 5.97 Å². The fraction of sp³-hybridized carbons (Fsp3) is 0.727. The van der Waals surface area contributed by atoms with E-state index in [9.17, 15) is 4.79 Å². The van der Waals surface area contributed by atoms with Crippen LogP contribution in [0.2, 0.25) is 0 Å². The van der Waals surface area contributed by atoms with Crippen molar-refractivity contribution in [2.75, 3.05) is 7.11 Å². The van der Waals surface area contributed by atoms with E-state index in [-0.39, 0.29) is 18.2 Å². The Balaban J connectivity index is 0.000000921. The van der Waals surface area contributed by atoms with Gasteiger partial charge in [-0.15, -0.1) is 13.2 Å². The van der Waals surface area contributed by atoms with E-state index in [1.54, 1.807) is 0 Å². The molecule has 1 aliphatic rings. The van der Waals surface area contributed by atoms with E-state index in [4.69, 9.17) is 9.62 Å². The van der Waals surface area contributed by atoms with Crippen LogP contribution in [0.5, 0.6) is 0 Å². The Kier molecular flexibility index (Phi) is 7.95. The summed E-state index contributed by atoms with van der Waals surface area (Å²) in [6, 6.07) is 0. The van der Waals surface area contributed by atoms with Crippen LogP contribution in [-0.2, 0) is 19.3 Å². The molecule has 1 aliphatic carbocycles. The molecule has 4 nitrogen and oxygen atoms in total. The van der Waals surface area contributed by atoms with Gasteiger partial charge in [0.1, 0.15) is 12.2 Å². The molecule has 0 radical (unpaired) electrons. The lowest BCUT2D eigenvalue weighted by Gasteiger charge is -2.28. The number of hydrogen-bond acceptors (Lipinski definition) is 4. The Bertz CT molecular complexity index is 179. The van der Waals surface area contributed by atoms with Gasteiger partial charge in [0.05, 0.1) is 7.11 Å². The molecule has 0 aromatic rings. The van der Waals surface area contributed by atoms with Crippen molar-refractivity contribution in [1.29, 1.82) is 0 Å². The van der Waals surface area contributed by atoms with Gasteiger partial charge in [-0.25, -0.2) is 9.78 Å². The van der Waals surface area contributed by atoms with E-state index >= 15 is 0 Å². The van der Waals surface area contributed by atoms with Crippen LogP contribution >= 0.6 is 0 Å². The third-order valence-corrected chi connectivity index (χ3v) is 2.18. The molecular weight excluding hydrogens is 196 g/mol. The Morgan fingerprint density at radius 3 is 2.20 bits per heavy atom. The SMILES string of the molecule is C=C.COOC1CCCCC1OC(C)=O. The summed E-state index contributed by atoms with van der Waals surface area (Å²) in [5, 5.41) is 0. The first-order valence-corrected chi connectivity index (χ1v) is 5.10. The predicted octanol–water partition coefficient (Wildman–Crippen LogP) is 2.24.